The molecule has 1 saturated carbocycles. The predicted molar refractivity (Wildman–Crippen MR) is 58.6 cm³/mol. The van der Waals surface area contributed by atoms with Gasteiger partial charge in [0, 0.05) is 17.7 Å². The van der Waals surface area contributed by atoms with Crippen LogP contribution in [0.3, 0.4) is 0 Å². The van der Waals surface area contributed by atoms with E-state index in [1.165, 1.54) is 22.7 Å². The highest BCUT2D eigenvalue weighted by atomic mass is 32.1. The second-order valence-electron chi connectivity index (χ2n) is 3.91. The predicted octanol–water partition coefficient (Wildman–Crippen LogP) is 3.26. The highest BCUT2D eigenvalue weighted by Crippen LogP contribution is 2.43. The molecule has 1 aliphatic rings. The van der Waals surface area contributed by atoms with E-state index in [0.29, 0.717) is 0 Å². The van der Waals surface area contributed by atoms with Crippen LogP contribution in [0.1, 0.15) is 42.5 Å². The van der Waals surface area contributed by atoms with E-state index in [0.717, 1.165) is 19.4 Å². The lowest BCUT2D eigenvalue weighted by molar-refractivity contribution is -0.0391. The second kappa shape index (κ2) is 3.99. The van der Waals surface area contributed by atoms with Crippen LogP contribution >= 0.6 is 11.3 Å². The maximum absolute atomic E-state index is 5.94. The first-order valence-corrected chi connectivity index (χ1v) is 6.15. The molecule has 1 fully saturated rings. The Morgan fingerprint density at radius 3 is 2.71 bits per heavy atom. The molecule has 1 aromatic rings. The summed E-state index contributed by atoms with van der Waals surface area (Å²) in [6, 6.07) is 0. The minimum atomic E-state index is -0.0341. The molecule has 0 aliphatic heterocycles. The molecular formula is C11H17NOS. The van der Waals surface area contributed by atoms with E-state index in [1.54, 1.807) is 11.3 Å². The molecule has 1 aliphatic carbocycles. The SMILES string of the molecule is CCOC1(c2ncc(C)s2)CCCC1. The molecule has 0 aromatic carbocycles. The average Bonchev–Trinajstić information content (AvgIpc) is 2.75. The van der Waals surface area contributed by atoms with Crippen molar-refractivity contribution in [1.29, 1.82) is 0 Å². The van der Waals surface area contributed by atoms with Crippen LogP contribution in [0.5, 0.6) is 0 Å². The first-order valence-electron chi connectivity index (χ1n) is 5.34. The number of aryl methyl sites for hydroxylation is 1. The fraction of sp³-hybridized carbons (Fsp3) is 0.727. The zero-order valence-corrected chi connectivity index (χ0v) is 9.69. The second-order valence-corrected chi connectivity index (χ2v) is 5.15. The van der Waals surface area contributed by atoms with Crippen molar-refractivity contribution in [1.82, 2.24) is 4.98 Å². The van der Waals surface area contributed by atoms with Gasteiger partial charge in [0.15, 0.2) is 0 Å². The van der Waals surface area contributed by atoms with Gasteiger partial charge in [-0.2, -0.15) is 0 Å². The molecule has 78 valence electrons. The molecule has 2 nitrogen and oxygen atoms in total. The largest absolute Gasteiger partial charge is 0.368 e. The molecule has 0 atom stereocenters. The number of ether oxygens (including phenoxy) is 1. The average molecular weight is 211 g/mol. The van der Waals surface area contributed by atoms with Gasteiger partial charge in [0.25, 0.3) is 0 Å². The molecular weight excluding hydrogens is 194 g/mol. The molecule has 0 radical (unpaired) electrons. The summed E-state index contributed by atoms with van der Waals surface area (Å²) in [4.78, 5) is 5.77. The lowest BCUT2D eigenvalue weighted by Crippen LogP contribution is -2.25. The Bertz CT molecular complexity index is 302. The molecule has 0 saturated heterocycles. The van der Waals surface area contributed by atoms with Crippen molar-refractivity contribution in [3.63, 3.8) is 0 Å². The maximum Gasteiger partial charge on any atom is 0.125 e. The summed E-state index contributed by atoms with van der Waals surface area (Å²) in [5.74, 6) is 0. The molecule has 14 heavy (non-hydrogen) atoms. The quantitative estimate of drug-likeness (QED) is 0.765. The fourth-order valence-corrected chi connectivity index (χ4v) is 3.17. The summed E-state index contributed by atoms with van der Waals surface area (Å²) < 4.78 is 5.94. The van der Waals surface area contributed by atoms with Crippen molar-refractivity contribution >= 4 is 11.3 Å². The first-order chi connectivity index (χ1) is 6.77. The van der Waals surface area contributed by atoms with Crippen molar-refractivity contribution in [3.05, 3.63) is 16.1 Å². The van der Waals surface area contributed by atoms with E-state index in [-0.39, 0.29) is 5.60 Å². The van der Waals surface area contributed by atoms with Gasteiger partial charge in [-0.3, -0.25) is 0 Å². The zero-order valence-electron chi connectivity index (χ0n) is 8.88. The first kappa shape index (κ1) is 10.1. The van der Waals surface area contributed by atoms with Crippen LogP contribution < -0.4 is 0 Å². The topological polar surface area (TPSA) is 22.1 Å². The van der Waals surface area contributed by atoms with Crippen molar-refractivity contribution in [3.8, 4) is 0 Å². The van der Waals surface area contributed by atoms with Gasteiger partial charge in [-0.1, -0.05) is 12.8 Å². The summed E-state index contributed by atoms with van der Waals surface area (Å²) >= 11 is 1.79. The number of aromatic nitrogens is 1. The molecule has 1 heterocycles. The third kappa shape index (κ3) is 1.71. The van der Waals surface area contributed by atoms with E-state index >= 15 is 0 Å². The molecule has 2 rings (SSSR count). The van der Waals surface area contributed by atoms with Crippen LogP contribution in [-0.4, -0.2) is 11.6 Å². The fourth-order valence-electron chi connectivity index (χ4n) is 2.21. The Hall–Kier alpha value is -0.410. The van der Waals surface area contributed by atoms with E-state index < -0.39 is 0 Å². The lowest BCUT2D eigenvalue weighted by Gasteiger charge is -2.26. The van der Waals surface area contributed by atoms with Crippen LogP contribution in [-0.2, 0) is 10.3 Å². The van der Waals surface area contributed by atoms with Crippen LogP contribution in [0.2, 0.25) is 0 Å². The summed E-state index contributed by atoms with van der Waals surface area (Å²) in [7, 11) is 0. The number of thiazole rings is 1. The molecule has 0 unspecified atom stereocenters. The van der Waals surface area contributed by atoms with E-state index in [9.17, 15) is 0 Å². The Kier molecular flexibility index (Phi) is 2.88. The van der Waals surface area contributed by atoms with Gasteiger partial charge in [-0.25, -0.2) is 4.98 Å². The van der Waals surface area contributed by atoms with Gasteiger partial charge in [0.05, 0.1) is 0 Å². The maximum atomic E-state index is 5.94. The minimum Gasteiger partial charge on any atom is -0.368 e. The minimum absolute atomic E-state index is 0.0341. The van der Waals surface area contributed by atoms with Gasteiger partial charge >= 0.3 is 0 Å². The molecule has 0 N–H and O–H groups in total. The molecule has 3 heteroatoms. The standard InChI is InChI=1S/C11H17NOS/c1-3-13-11(6-4-5-7-11)10-12-8-9(2)14-10/h8H,3-7H2,1-2H3. The summed E-state index contributed by atoms with van der Waals surface area (Å²) in [5, 5.41) is 1.19. The van der Waals surface area contributed by atoms with E-state index in [2.05, 4.69) is 18.8 Å². The third-order valence-electron chi connectivity index (χ3n) is 2.84. The van der Waals surface area contributed by atoms with Crippen LogP contribution in [0, 0.1) is 6.92 Å². The van der Waals surface area contributed by atoms with E-state index in [1.807, 2.05) is 6.20 Å². The summed E-state index contributed by atoms with van der Waals surface area (Å²) in [5.41, 5.74) is -0.0341. The Labute approximate surface area is 89.3 Å². The monoisotopic (exact) mass is 211 g/mol. The van der Waals surface area contributed by atoms with Gasteiger partial charge in [-0.15, -0.1) is 11.3 Å². The van der Waals surface area contributed by atoms with Crippen molar-refractivity contribution < 1.29 is 4.74 Å². The molecule has 0 amide bonds. The lowest BCUT2D eigenvalue weighted by atomic mass is 10.0. The summed E-state index contributed by atoms with van der Waals surface area (Å²) in [6.07, 6.45) is 6.80. The smallest absolute Gasteiger partial charge is 0.125 e. The molecule has 0 bridgehead atoms. The Balaban J connectivity index is 2.26. The Morgan fingerprint density at radius 2 is 2.21 bits per heavy atom. The van der Waals surface area contributed by atoms with Crippen LogP contribution in [0.25, 0.3) is 0 Å². The number of rotatable bonds is 3. The summed E-state index contributed by atoms with van der Waals surface area (Å²) in [6.45, 7) is 4.97. The van der Waals surface area contributed by atoms with Crippen molar-refractivity contribution in [2.75, 3.05) is 6.61 Å². The zero-order chi connectivity index (χ0) is 10.0. The normalized spacial score (nSPS) is 20.1. The van der Waals surface area contributed by atoms with Crippen molar-refractivity contribution in [2.45, 2.75) is 45.1 Å². The van der Waals surface area contributed by atoms with E-state index in [4.69, 9.17) is 4.74 Å². The van der Waals surface area contributed by atoms with Crippen molar-refractivity contribution in [2.24, 2.45) is 0 Å². The highest BCUT2D eigenvalue weighted by Gasteiger charge is 2.38. The van der Waals surface area contributed by atoms with Gasteiger partial charge in [0.1, 0.15) is 10.6 Å². The number of hydrogen-bond acceptors (Lipinski definition) is 3. The number of hydrogen-bond donors (Lipinski definition) is 0. The van der Waals surface area contributed by atoms with Crippen LogP contribution in [0.4, 0.5) is 0 Å². The molecule has 0 spiro atoms. The highest BCUT2D eigenvalue weighted by molar-refractivity contribution is 7.11. The van der Waals surface area contributed by atoms with Gasteiger partial charge in [-0.05, 0) is 26.7 Å². The van der Waals surface area contributed by atoms with Gasteiger partial charge < -0.3 is 4.74 Å². The number of nitrogens with zero attached hydrogens (tertiary/aromatic N) is 1. The Morgan fingerprint density at radius 1 is 1.50 bits per heavy atom. The molecule has 1 aromatic heterocycles. The van der Waals surface area contributed by atoms with Crippen LogP contribution in [0.15, 0.2) is 6.20 Å². The third-order valence-corrected chi connectivity index (χ3v) is 3.94. The van der Waals surface area contributed by atoms with Gasteiger partial charge in [0.2, 0.25) is 0 Å².